The van der Waals surface area contributed by atoms with Crippen LogP contribution in [0.25, 0.3) is 11.4 Å². The molecule has 0 bridgehead atoms. The number of H-pyrrole nitrogens is 1. The van der Waals surface area contributed by atoms with E-state index in [0.29, 0.717) is 10.6 Å². The van der Waals surface area contributed by atoms with Crippen molar-refractivity contribution in [2.75, 3.05) is 0 Å². The first-order chi connectivity index (χ1) is 9.84. The number of aromatic nitrogens is 5. The smallest absolute Gasteiger partial charge is 0.216 e. The molecule has 0 unspecified atom stereocenters. The fraction of sp³-hybridized carbons (Fsp3) is 0. The Morgan fingerprint density at radius 3 is 2.75 bits per heavy atom. The summed E-state index contributed by atoms with van der Waals surface area (Å²) in [6.07, 6.45) is 8.51. The summed E-state index contributed by atoms with van der Waals surface area (Å²) in [4.78, 5) is 8.01. The highest BCUT2D eigenvalue weighted by molar-refractivity contribution is 7.71. The number of hydrogen-bond acceptors (Lipinski definition) is 5. The molecular weight excluding hydrogens is 272 g/mol. The van der Waals surface area contributed by atoms with Crippen molar-refractivity contribution in [1.29, 1.82) is 0 Å². The van der Waals surface area contributed by atoms with Crippen LogP contribution in [0.5, 0.6) is 0 Å². The number of nitrogens with zero attached hydrogens (tertiary/aromatic N) is 5. The molecule has 0 fully saturated rings. The zero-order valence-corrected chi connectivity index (χ0v) is 11.2. The molecule has 1 N–H and O–H groups in total. The zero-order valence-electron chi connectivity index (χ0n) is 10.3. The highest BCUT2D eigenvalue weighted by Gasteiger charge is 2.07. The van der Waals surface area contributed by atoms with Gasteiger partial charge in [-0.05, 0) is 30.4 Å². The molecule has 3 rings (SSSR count). The minimum absolute atomic E-state index is 0.428. The van der Waals surface area contributed by atoms with Crippen molar-refractivity contribution < 1.29 is 0 Å². The average Bonchev–Trinajstić information content (AvgIpc) is 2.88. The summed E-state index contributed by atoms with van der Waals surface area (Å²) in [6, 6.07) is 7.45. The third kappa shape index (κ3) is 2.52. The monoisotopic (exact) mass is 282 g/mol. The quantitative estimate of drug-likeness (QED) is 0.591. The second kappa shape index (κ2) is 5.54. The topological polar surface area (TPSA) is 71.8 Å². The van der Waals surface area contributed by atoms with Crippen molar-refractivity contribution in [2.24, 2.45) is 5.10 Å². The van der Waals surface area contributed by atoms with Gasteiger partial charge in [-0.15, -0.1) is 0 Å². The van der Waals surface area contributed by atoms with E-state index >= 15 is 0 Å². The Kier molecular flexibility index (Phi) is 3.42. The lowest BCUT2D eigenvalue weighted by molar-refractivity contribution is 0.871. The summed E-state index contributed by atoms with van der Waals surface area (Å²) < 4.78 is 1.99. The Bertz CT molecular complexity index is 775. The highest BCUT2D eigenvalue weighted by atomic mass is 32.1. The summed E-state index contributed by atoms with van der Waals surface area (Å²) in [7, 11) is 0. The molecule has 7 heteroatoms. The van der Waals surface area contributed by atoms with Gasteiger partial charge in [0.15, 0.2) is 5.82 Å². The van der Waals surface area contributed by atoms with E-state index in [1.807, 2.05) is 24.3 Å². The Labute approximate surface area is 119 Å². The Morgan fingerprint density at radius 1 is 1.15 bits per heavy atom. The maximum Gasteiger partial charge on any atom is 0.216 e. The van der Waals surface area contributed by atoms with E-state index in [1.165, 1.54) is 0 Å². The van der Waals surface area contributed by atoms with E-state index in [2.05, 4.69) is 25.3 Å². The van der Waals surface area contributed by atoms with Gasteiger partial charge < -0.3 is 0 Å². The van der Waals surface area contributed by atoms with Gasteiger partial charge in [0.1, 0.15) is 0 Å². The van der Waals surface area contributed by atoms with Crippen LogP contribution in [0.4, 0.5) is 0 Å². The molecule has 6 nitrogen and oxygen atoms in total. The van der Waals surface area contributed by atoms with E-state index in [-0.39, 0.29) is 0 Å². The molecule has 3 aromatic heterocycles. The van der Waals surface area contributed by atoms with Gasteiger partial charge in [-0.2, -0.15) is 14.9 Å². The maximum absolute atomic E-state index is 5.19. The number of pyridine rings is 2. The van der Waals surface area contributed by atoms with Gasteiger partial charge in [-0.25, -0.2) is 5.10 Å². The van der Waals surface area contributed by atoms with Gasteiger partial charge in [-0.3, -0.25) is 9.97 Å². The molecule has 0 saturated heterocycles. The van der Waals surface area contributed by atoms with E-state index in [9.17, 15) is 0 Å². The summed E-state index contributed by atoms with van der Waals surface area (Å²) in [5.41, 5.74) is 1.77. The van der Waals surface area contributed by atoms with Crippen LogP contribution in [-0.4, -0.2) is 31.1 Å². The number of hydrogen-bond donors (Lipinski definition) is 1. The molecule has 0 saturated carbocycles. The first kappa shape index (κ1) is 12.4. The SMILES string of the molecule is S=c1[nH]nc(-c2ccncc2)n1N=Cc1cccnc1. The lowest BCUT2D eigenvalue weighted by atomic mass is 10.2. The fourth-order valence-corrected chi connectivity index (χ4v) is 1.84. The van der Waals surface area contributed by atoms with E-state index < -0.39 is 0 Å². The lowest BCUT2D eigenvalue weighted by Crippen LogP contribution is -1.95. The predicted molar refractivity (Wildman–Crippen MR) is 77.9 cm³/mol. The van der Waals surface area contributed by atoms with Crippen LogP contribution >= 0.6 is 12.2 Å². The largest absolute Gasteiger partial charge is 0.265 e. The number of nitrogens with one attached hydrogen (secondary N) is 1. The standard InChI is InChI=1S/C13H10N6S/c20-13-18-17-12(11-3-6-14-7-4-11)19(13)16-9-10-2-1-5-15-8-10/h1-9H,(H,18,20). The molecule has 0 spiro atoms. The average molecular weight is 282 g/mol. The predicted octanol–water partition coefficient (Wildman–Crippen LogP) is 2.28. The van der Waals surface area contributed by atoms with Crippen molar-refractivity contribution in [3.63, 3.8) is 0 Å². The first-order valence-corrected chi connectivity index (χ1v) is 6.27. The third-order valence-electron chi connectivity index (χ3n) is 2.60. The van der Waals surface area contributed by atoms with Crippen LogP contribution in [0.1, 0.15) is 5.56 Å². The summed E-state index contributed by atoms with van der Waals surface area (Å²) in [5.74, 6) is 0.637. The van der Waals surface area contributed by atoms with Crippen molar-refractivity contribution in [1.82, 2.24) is 24.8 Å². The van der Waals surface area contributed by atoms with Crippen LogP contribution in [0.3, 0.4) is 0 Å². The first-order valence-electron chi connectivity index (χ1n) is 5.87. The summed E-state index contributed by atoms with van der Waals surface area (Å²) in [5, 5.41) is 11.3. The Morgan fingerprint density at radius 2 is 2.00 bits per heavy atom. The molecular formula is C13H10N6S. The second-order valence-corrected chi connectivity index (χ2v) is 4.32. The molecule has 3 aromatic rings. The van der Waals surface area contributed by atoms with Gasteiger partial charge in [0.25, 0.3) is 0 Å². The number of rotatable bonds is 3. The van der Waals surface area contributed by atoms with Crippen molar-refractivity contribution >= 4 is 18.4 Å². The Balaban J connectivity index is 2.01. The molecule has 0 aromatic carbocycles. The number of aromatic amines is 1. The Hall–Kier alpha value is -2.67. The van der Waals surface area contributed by atoms with E-state index in [1.54, 1.807) is 35.7 Å². The zero-order chi connectivity index (χ0) is 13.8. The molecule has 0 aliphatic rings. The maximum atomic E-state index is 5.19. The van der Waals surface area contributed by atoms with Gasteiger partial charge in [0, 0.05) is 35.9 Å². The normalized spacial score (nSPS) is 11.0. The second-order valence-electron chi connectivity index (χ2n) is 3.93. The van der Waals surface area contributed by atoms with Crippen LogP contribution in [0, 0.1) is 4.77 Å². The molecule has 98 valence electrons. The van der Waals surface area contributed by atoms with Crippen LogP contribution in [-0.2, 0) is 0 Å². The van der Waals surface area contributed by atoms with Crippen molar-refractivity contribution in [3.8, 4) is 11.4 Å². The van der Waals surface area contributed by atoms with Gasteiger partial charge in [0.05, 0.1) is 6.21 Å². The molecule has 0 radical (unpaired) electrons. The van der Waals surface area contributed by atoms with E-state index in [0.717, 1.165) is 11.1 Å². The molecule has 0 aliphatic heterocycles. The molecule has 20 heavy (non-hydrogen) atoms. The minimum atomic E-state index is 0.428. The van der Waals surface area contributed by atoms with Gasteiger partial charge >= 0.3 is 0 Å². The third-order valence-corrected chi connectivity index (χ3v) is 2.86. The summed E-state index contributed by atoms with van der Waals surface area (Å²) in [6.45, 7) is 0. The highest BCUT2D eigenvalue weighted by Crippen LogP contribution is 2.15. The van der Waals surface area contributed by atoms with Crippen LogP contribution in [0.2, 0.25) is 0 Å². The molecule has 0 aliphatic carbocycles. The van der Waals surface area contributed by atoms with Crippen LogP contribution in [0.15, 0.2) is 54.2 Å². The molecule has 0 atom stereocenters. The molecule has 3 heterocycles. The lowest BCUT2D eigenvalue weighted by Gasteiger charge is -1.99. The van der Waals surface area contributed by atoms with Crippen LogP contribution < -0.4 is 0 Å². The van der Waals surface area contributed by atoms with Gasteiger partial charge in [-0.1, -0.05) is 6.07 Å². The minimum Gasteiger partial charge on any atom is -0.265 e. The summed E-state index contributed by atoms with van der Waals surface area (Å²) >= 11 is 5.19. The van der Waals surface area contributed by atoms with Gasteiger partial charge in [0.2, 0.25) is 4.77 Å². The molecule has 0 amide bonds. The van der Waals surface area contributed by atoms with E-state index in [4.69, 9.17) is 12.2 Å². The van der Waals surface area contributed by atoms with Crippen molar-refractivity contribution in [2.45, 2.75) is 0 Å². The fourth-order valence-electron chi connectivity index (χ4n) is 1.66. The van der Waals surface area contributed by atoms with Crippen molar-refractivity contribution in [3.05, 3.63) is 59.4 Å².